The standard InChI is InChI=1S/C28H29F3N4O6S/c1-32-42(38,19-13-11-18(12-14-19)41-28(29,30)31)33-20-15-34(26(36)17-39-2)16-23(27(20)37)35-21-7-3-5-9-24(21)40-25-10-6-4-8-22(25)35/h3-14,20,23,27,37H,15-17H2,1-2H3,(H,32,33,38). The zero-order valence-corrected chi connectivity index (χ0v) is 23.5. The molecule has 0 spiro atoms. The Balaban J connectivity index is 1.51. The number of nitrogens with one attached hydrogen (secondary N) is 1. The average Bonchev–Trinajstić information content (AvgIpc) is 2.96. The van der Waals surface area contributed by atoms with Gasteiger partial charge in [0.1, 0.15) is 22.3 Å². The SMILES string of the molecule is CN=S(=O)(NC1CN(C(=O)COC)CC(N2c3ccccc3Oc3ccccc32)C1O)c1ccc(OC(F)(F)F)cc1. The molecule has 224 valence electrons. The van der Waals surface area contributed by atoms with E-state index in [0.29, 0.717) is 22.9 Å². The Labute approximate surface area is 240 Å². The molecular weight excluding hydrogens is 577 g/mol. The van der Waals surface area contributed by atoms with Gasteiger partial charge in [-0.3, -0.25) is 4.79 Å². The summed E-state index contributed by atoms with van der Waals surface area (Å²) < 4.78 is 74.0. The lowest BCUT2D eigenvalue weighted by Gasteiger charge is -2.48. The molecule has 0 radical (unpaired) electrons. The van der Waals surface area contributed by atoms with Gasteiger partial charge in [-0.15, -0.1) is 13.2 Å². The summed E-state index contributed by atoms with van der Waals surface area (Å²) >= 11 is 0. The molecular formula is C28H29F3N4O6S. The number of nitrogens with zero attached hydrogens (tertiary/aromatic N) is 3. The minimum atomic E-state index is -4.88. The van der Waals surface area contributed by atoms with E-state index in [4.69, 9.17) is 9.47 Å². The molecule has 3 aromatic carbocycles. The number of aliphatic hydroxyl groups is 1. The maximum absolute atomic E-state index is 14.0. The van der Waals surface area contributed by atoms with Crippen molar-refractivity contribution < 1.29 is 41.5 Å². The van der Waals surface area contributed by atoms with Crippen molar-refractivity contribution in [3.63, 3.8) is 0 Å². The number of hydrogen-bond donors (Lipinski definition) is 2. The van der Waals surface area contributed by atoms with E-state index in [2.05, 4.69) is 13.8 Å². The molecule has 10 nitrogen and oxygen atoms in total. The second kappa shape index (κ2) is 11.8. The zero-order valence-electron chi connectivity index (χ0n) is 22.7. The van der Waals surface area contributed by atoms with Gasteiger partial charge < -0.3 is 29.1 Å². The monoisotopic (exact) mass is 606 g/mol. The molecule has 2 N–H and O–H groups in total. The Hall–Kier alpha value is -3.85. The number of alkyl halides is 3. The Kier molecular flexibility index (Phi) is 8.32. The number of carbonyl (C=O) groups is 1. The van der Waals surface area contributed by atoms with Gasteiger partial charge in [0.05, 0.1) is 34.5 Å². The minimum absolute atomic E-state index is 0.0325. The van der Waals surface area contributed by atoms with E-state index in [1.165, 1.54) is 31.2 Å². The largest absolute Gasteiger partial charge is 0.573 e. The van der Waals surface area contributed by atoms with Crippen LogP contribution in [0.25, 0.3) is 0 Å². The van der Waals surface area contributed by atoms with Gasteiger partial charge in [0.25, 0.3) is 0 Å². The fraction of sp³-hybridized carbons (Fsp3) is 0.321. The Bertz CT molecular complexity index is 1520. The maximum atomic E-state index is 14.0. The molecule has 3 aromatic rings. The summed E-state index contributed by atoms with van der Waals surface area (Å²) in [5.41, 5.74) is 1.34. The van der Waals surface area contributed by atoms with Gasteiger partial charge in [0.15, 0.2) is 11.5 Å². The first-order valence-corrected chi connectivity index (χ1v) is 14.4. The summed E-state index contributed by atoms with van der Waals surface area (Å²) in [6.45, 7) is -0.132. The number of piperidine rings is 1. The number of anilines is 2. The quantitative estimate of drug-likeness (QED) is 0.417. The highest BCUT2D eigenvalue weighted by Gasteiger charge is 2.44. The molecule has 1 saturated heterocycles. The number of ether oxygens (including phenoxy) is 3. The lowest BCUT2D eigenvalue weighted by atomic mass is 9.94. The van der Waals surface area contributed by atoms with Crippen LogP contribution < -0.4 is 19.1 Å². The number of halogens is 3. The van der Waals surface area contributed by atoms with Gasteiger partial charge in [-0.05, 0) is 48.5 Å². The predicted molar refractivity (Wildman–Crippen MR) is 148 cm³/mol. The summed E-state index contributed by atoms with van der Waals surface area (Å²) in [5, 5.41) is 11.8. The topological polar surface area (TPSA) is 113 Å². The molecule has 1 fully saturated rings. The van der Waals surface area contributed by atoms with E-state index in [-0.39, 0.29) is 30.5 Å². The number of fused-ring (bicyclic) bond motifs is 2. The average molecular weight is 607 g/mol. The molecule has 0 saturated carbocycles. The van der Waals surface area contributed by atoms with E-state index in [1.54, 1.807) is 12.1 Å². The van der Waals surface area contributed by atoms with Gasteiger partial charge >= 0.3 is 6.36 Å². The molecule has 5 rings (SSSR count). The van der Waals surface area contributed by atoms with Crippen LogP contribution in [-0.2, 0) is 19.4 Å². The third-order valence-electron chi connectivity index (χ3n) is 7.00. The predicted octanol–water partition coefficient (Wildman–Crippen LogP) is 4.08. The highest BCUT2D eigenvalue weighted by Crippen LogP contribution is 2.48. The van der Waals surface area contributed by atoms with Crippen molar-refractivity contribution in [1.29, 1.82) is 0 Å². The summed E-state index contributed by atoms with van der Waals surface area (Å²) in [6.07, 6.45) is -6.07. The summed E-state index contributed by atoms with van der Waals surface area (Å²) in [5.74, 6) is 0.288. The van der Waals surface area contributed by atoms with Gasteiger partial charge in [0, 0.05) is 27.2 Å². The van der Waals surface area contributed by atoms with Gasteiger partial charge in [-0.25, -0.2) is 13.3 Å². The molecule has 4 unspecified atom stereocenters. The highest BCUT2D eigenvalue weighted by atomic mass is 32.2. The second-order valence-electron chi connectivity index (χ2n) is 9.65. The fourth-order valence-corrected chi connectivity index (χ4v) is 6.71. The van der Waals surface area contributed by atoms with E-state index in [1.807, 2.05) is 41.3 Å². The van der Waals surface area contributed by atoms with Crippen LogP contribution in [-0.4, -0.2) is 78.5 Å². The first-order valence-electron chi connectivity index (χ1n) is 12.9. The van der Waals surface area contributed by atoms with E-state index in [9.17, 15) is 27.3 Å². The molecule has 2 heterocycles. The molecule has 1 amide bonds. The number of para-hydroxylation sites is 4. The highest BCUT2D eigenvalue weighted by molar-refractivity contribution is 7.91. The summed E-state index contributed by atoms with van der Waals surface area (Å²) in [4.78, 5) is 16.6. The van der Waals surface area contributed by atoms with Crippen LogP contribution in [0, 0.1) is 0 Å². The summed E-state index contributed by atoms with van der Waals surface area (Å²) in [6, 6.07) is 17.4. The van der Waals surface area contributed by atoms with Crippen molar-refractivity contribution in [2.45, 2.75) is 29.4 Å². The van der Waals surface area contributed by atoms with Gasteiger partial charge in [-0.2, -0.15) is 0 Å². The molecule has 4 atom stereocenters. The summed E-state index contributed by atoms with van der Waals surface area (Å²) in [7, 11) is -0.777. The molecule has 0 aromatic heterocycles. The molecule has 14 heteroatoms. The number of amides is 1. The van der Waals surface area contributed by atoms with Crippen molar-refractivity contribution in [2.75, 3.05) is 38.8 Å². The number of methoxy groups -OCH3 is 1. The first kappa shape index (κ1) is 29.6. The first-order chi connectivity index (χ1) is 20.0. The smallest absolute Gasteiger partial charge is 0.453 e. The van der Waals surface area contributed by atoms with Gasteiger partial charge in [0.2, 0.25) is 5.91 Å². The van der Waals surface area contributed by atoms with Crippen LogP contribution in [0.15, 0.2) is 82.1 Å². The molecule has 0 bridgehead atoms. The van der Waals surface area contributed by atoms with Crippen LogP contribution in [0.5, 0.6) is 17.2 Å². The van der Waals surface area contributed by atoms with Crippen LogP contribution in [0.2, 0.25) is 0 Å². The molecule has 2 aliphatic heterocycles. The number of carbonyl (C=O) groups excluding carboxylic acids is 1. The van der Waals surface area contributed by atoms with E-state index >= 15 is 0 Å². The van der Waals surface area contributed by atoms with Crippen LogP contribution in [0.4, 0.5) is 24.5 Å². The Morgan fingerprint density at radius 2 is 1.64 bits per heavy atom. The van der Waals surface area contributed by atoms with Crippen molar-refractivity contribution in [1.82, 2.24) is 9.62 Å². The molecule has 0 aliphatic carbocycles. The normalized spacial score (nSPS) is 21.4. The third kappa shape index (κ3) is 6.02. The van der Waals surface area contributed by atoms with Crippen molar-refractivity contribution in [3.05, 3.63) is 72.8 Å². The van der Waals surface area contributed by atoms with Crippen molar-refractivity contribution in [2.24, 2.45) is 4.36 Å². The molecule has 42 heavy (non-hydrogen) atoms. The second-order valence-corrected chi connectivity index (χ2v) is 11.8. The maximum Gasteiger partial charge on any atom is 0.573 e. The lowest BCUT2D eigenvalue weighted by molar-refractivity contribution is -0.274. The van der Waals surface area contributed by atoms with Gasteiger partial charge in [-0.1, -0.05) is 24.3 Å². The molecule has 2 aliphatic rings. The van der Waals surface area contributed by atoms with Crippen LogP contribution in [0.1, 0.15) is 0 Å². The van der Waals surface area contributed by atoms with Crippen LogP contribution >= 0.6 is 0 Å². The zero-order chi connectivity index (χ0) is 30.1. The van der Waals surface area contributed by atoms with E-state index in [0.717, 1.165) is 12.1 Å². The number of hydrogen-bond acceptors (Lipinski definition) is 8. The van der Waals surface area contributed by atoms with Crippen molar-refractivity contribution >= 4 is 27.2 Å². The van der Waals surface area contributed by atoms with E-state index < -0.39 is 40.2 Å². The van der Waals surface area contributed by atoms with Crippen LogP contribution in [0.3, 0.4) is 0 Å². The third-order valence-corrected chi connectivity index (χ3v) is 9.05. The number of benzene rings is 3. The number of rotatable bonds is 7. The fourth-order valence-electron chi connectivity index (χ4n) is 5.13. The lowest BCUT2D eigenvalue weighted by Crippen LogP contribution is -2.66. The number of likely N-dealkylation sites (tertiary alicyclic amines) is 1. The Morgan fingerprint density at radius 3 is 2.19 bits per heavy atom. The Morgan fingerprint density at radius 1 is 1.05 bits per heavy atom. The number of aliphatic hydroxyl groups excluding tert-OH is 1. The minimum Gasteiger partial charge on any atom is -0.453 e. The van der Waals surface area contributed by atoms with Crippen molar-refractivity contribution in [3.8, 4) is 17.2 Å².